The van der Waals surface area contributed by atoms with Gasteiger partial charge in [-0.3, -0.25) is 0 Å². The first-order chi connectivity index (χ1) is 10.0. The predicted octanol–water partition coefficient (Wildman–Crippen LogP) is 4.76. The summed E-state index contributed by atoms with van der Waals surface area (Å²) in [5.41, 5.74) is 2.18. The number of fused-ring (bicyclic) bond motifs is 1. The molecule has 0 spiro atoms. The molecule has 1 atom stereocenters. The van der Waals surface area contributed by atoms with Gasteiger partial charge in [-0.05, 0) is 47.0 Å². The van der Waals surface area contributed by atoms with Gasteiger partial charge in [-0.15, -0.1) is 0 Å². The summed E-state index contributed by atoms with van der Waals surface area (Å²) in [7, 11) is -1.99. The summed E-state index contributed by atoms with van der Waals surface area (Å²) in [6.45, 7) is 10.8. The molecule has 0 saturated heterocycles. The average molecular weight is 322 g/mol. The molecule has 1 unspecified atom stereocenters. The fourth-order valence-electron chi connectivity index (χ4n) is 2.43. The molecule has 5 heteroatoms. The summed E-state index contributed by atoms with van der Waals surface area (Å²) < 4.78 is 19.9. The maximum absolute atomic E-state index is 13.5. The van der Waals surface area contributed by atoms with Crippen molar-refractivity contribution < 1.29 is 18.7 Å². The Kier molecular flexibility index (Phi) is 4.32. The Bertz CT molecular complexity index is 629. The summed E-state index contributed by atoms with van der Waals surface area (Å²) in [4.78, 5) is 11.0. The van der Waals surface area contributed by atoms with E-state index >= 15 is 0 Å². The van der Waals surface area contributed by atoms with Gasteiger partial charge in [0.1, 0.15) is 5.82 Å². The van der Waals surface area contributed by atoms with Crippen LogP contribution in [0.1, 0.15) is 44.4 Å². The second-order valence-corrected chi connectivity index (χ2v) is 12.1. The van der Waals surface area contributed by atoms with Gasteiger partial charge in [0.25, 0.3) is 0 Å². The first-order valence-corrected chi connectivity index (χ1v) is 10.3. The molecular weight excluding hydrogens is 299 g/mol. The molecule has 0 aromatic heterocycles. The van der Waals surface area contributed by atoms with Gasteiger partial charge in [0.15, 0.2) is 8.32 Å². The molecule has 1 aromatic carbocycles. The highest BCUT2D eigenvalue weighted by molar-refractivity contribution is 6.74. The Balaban J connectivity index is 2.40. The molecule has 0 heterocycles. The van der Waals surface area contributed by atoms with Crippen LogP contribution in [-0.2, 0) is 9.22 Å². The van der Waals surface area contributed by atoms with Crippen LogP contribution in [0.15, 0.2) is 24.3 Å². The monoisotopic (exact) mass is 322 g/mol. The first-order valence-electron chi connectivity index (χ1n) is 7.42. The van der Waals surface area contributed by atoms with Crippen molar-refractivity contribution in [3.63, 3.8) is 0 Å². The maximum atomic E-state index is 13.5. The van der Waals surface area contributed by atoms with Crippen molar-refractivity contribution in [2.24, 2.45) is 0 Å². The summed E-state index contributed by atoms with van der Waals surface area (Å²) in [6, 6.07) is 4.52. The lowest BCUT2D eigenvalue weighted by atomic mass is 10.1. The van der Waals surface area contributed by atoms with Crippen LogP contribution in [-0.4, -0.2) is 19.4 Å². The molecule has 1 aliphatic carbocycles. The smallest absolute Gasteiger partial charge is 0.328 e. The molecule has 1 aliphatic rings. The Morgan fingerprint density at radius 1 is 1.41 bits per heavy atom. The molecule has 0 fully saturated rings. The van der Waals surface area contributed by atoms with E-state index in [9.17, 15) is 9.18 Å². The van der Waals surface area contributed by atoms with Crippen molar-refractivity contribution in [3.05, 3.63) is 41.2 Å². The second-order valence-electron chi connectivity index (χ2n) is 7.31. The Morgan fingerprint density at radius 3 is 2.59 bits per heavy atom. The van der Waals surface area contributed by atoms with Crippen molar-refractivity contribution in [2.75, 3.05) is 0 Å². The predicted molar refractivity (Wildman–Crippen MR) is 87.7 cm³/mol. The molecule has 22 heavy (non-hydrogen) atoms. The average Bonchev–Trinajstić information content (AvgIpc) is 2.64. The van der Waals surface area contributed by atoms with Crippen molar-refractivity contribution in [1.82, 2.24) is 0 Å². The molecule has 0 aliphatic heterocycles. The number of rotatable bonds is 3. The van der Waals surface area contributed by atoms with E-state index in [0.717, 1.165) is 11.6 Å². The number of carboxylic acid groups (broad SMARTS) is 1. The van der Waals surface area contributed by atoms with Gasteiger partial charge in [-0.1, -0.05) is 26.8 Å². The third-order valence-electron chi connectivity index (χ3n) is 4.65. The number of benzene rings is 1. The van der Waals surface area contributed by atoms with Crippen LogP contribution in [0, 0.1) is 5.82 Å². The summed E-state index contributed by atoms with van der Waals surface area (Å²) in [5.74, 6) is -1.37. The van der Waals surface area contributed by atoms with Gasteiger partial charge in [-0.2, -0.15) is 0 Å². The molecule has 3 nitrogen and oxygen atoms in total. The summed E-state index contributed by atoms with van der Waals surface area (Å²) in [6.07, 6.45) is 1.45. The quantitative estimate of drug-likeness (QED) is 0.644. The molecule has 0 bridgehead atoms. The zero-order chi connectivity index (χ0) is 16.7. The van der Waals surface area contributed by atoms with Crippen LogP contribution in [0.2, 0.25) is 18.1 Å². The largest absolute Gasteiger partial charge is 0.478 e. The SMILES string of the molecule is CC(C)(C)[Si](C)(C)OC1C/C(=C\C(=O)O)c2cc(F)ccc21. The number of hydrogen-bond donors (Lipinski definition) is 1. The molecular formula is C17H23FO3Si. The van der Waals surface area contributed by atoms with Crippen molar-refractivity contribution in [2.45, 2.75) is 51.4 Å². The normalized spacial score (nSPS) is 20.3. The lowest BCUT2D eigenvalue weighted by Gasteiger charge is -2.38. The van der Waals surface area contributed by atoms with Crippen molar-refractivity contribution in [3.8, 4) is 0 Å². The Morgan fingerprint density at radius 2 is 2.05 bits per heavy atom. The first kappa shape index (κ1) is 16.9. The number of carbonyl (C=O) groups is 1. The van der Waals surface area contributed by atoms with E-state index in [1.807, 2.05) is 0 Å². The Hall–Kier alpha value is -1.46. The van der Waals surface area contributed by atoms with Crippen LogP contribution in [0.3, 0.4) is 0 Å². The van der Waals surface area contributed by atoms with Crippen LogP contribution in [0.4, 0.5) is 4.39 Å². The van der Waals surface area contributed by atoms with E-state index in [0.29, 0.717) is 17.6 Å². The van der Waals surface area contributed by atoms with Gasteiger partial charge in [0.2, 0.25) is 0 Å². The minimum Gasteiger partial charge on any atom is -0.478 e. The lowest BCUT2D eigenvalue weighted by Crippen LogP contribution is -2.41. The van der Waals surface area contributed by atoms with Crippen LogP contribution < -0.4 is 0 Å². The molecule has 0 radical (unpaired) electrons. The van der Waals surface area contributed by atoms with Gasteiger partial charge < -0.3 is 9.53 Å². The topological polar surface area (TPSA) is 46.5 Å². The van der Waals surface area contributed by atoms with E-state index < -0.39 is 14.3 Å². The third kappa shape index (κ3) is 3.30. The van der Waals surface area contributed by atoms with E-state index in [1.54, 1.807) is 6.07 Å². The zero-order valence-electron chi connectivity index (χ0n) is 13.7. The van der Waals surface area contributed by atoms with Crippen molar-refractivity contribution in [1.29, 1.82) is 0 Å². The van der Waals surface area contributed by atoms with Crippen LogP contribution >= 0.6 is 0 Å². The minimum atomic E-state index is -1.99. The van der Waals surface area contributed by atoms with Gasteiger partial charge in [-0.25, -0.2) is 9.18 Å². The fraction of sp³-hybridized carbons (Fsp3) is 0.471. The van der Waals surface area contributed by atoms with Gasteiger partial charge in [0, 0.05) is 12.5 Å². The van der Waals surface area contributed by atoms with Crippen LogP contribution in [0.5, 0.6) is 0 Å². The van der Waals surface area contributed by atoms with E-state index in [-0.39, 0.29) is 17.0 Å². The van der Waals surface area contributed by atoms with E-state index in [4.69, 9.17) is 9.53 Å². The minimum absolute atomic E-state index is 0.0620. The second kappa shape index (κ2) is 5.63. The van der Waals surface area contributed by atoms with E-state index in [2.05, 4.69) is 33.9 Å². The standard InChI is InChI=1S/C17H23FO3Si/c1-17(2,3)22(4,5)21-15-8-11(9-16(19)20)14-10-12(18)6-7-13(14)15/h6-7,9-10,15H,8H2,1-5H3,(H,19,20)/b11-9+. The van der Waals surface area contributed by atoms with Crippen LogP contribution in [0.25, 0.3) is 5.57 Å². The lowest BCUT2D eigenvalue weighted by molar-refractivity contribution is -0.131. The van der Waals surface area contributed by atoms with E-state index in [1.165, 1.54) is 12.1 Å². The Labute approximate surface area is 131 Å². The highest BCUT2D eigenvalue weighted by Gasteiger charge is 2.41. The summed E-state index contributed by atoms with van der Waals surface area (Å²) in [5, 5.41) is 9.08. The fourth-order valence-corrected chi connectivity index (χ4v) is 3.71. The number of aliphatic carboxylic acids is 1. The maximum Gasteiger partial charge on any atom is 0.328 e. The molecule has 1 aromatic rings. The zero-order valence-corrected chi connectivity index (χ0v) is 14.7. The molecule has 2 rings (SSSR count). The highest BCUT2D eigenvalue weighted by atomic mass is 28.4. The molecule has 120 valence electrons. The third-order valence-corrected chi connectivity index (χ3v) is 9.14. The van der Waals surface area contributed by atoms with Crippen molar-refractivity contribution >= 4 is 19.9 Å². The number of carboxylic acids is 1. The molecule has 0 saturated carbocycles. The number of hydrogen-bond acceptors (Lipinski definition) is 2. The molecule has 1 N–H and O–H groups in total. The van der Waals surface area contributed by atoms with Gasteiger partial charge >= 0.3 is 5.97 Å². The highest BCUT2D eigenvalue weighted by Crippen LogP contribution is 2.47. The number of halogens is 1. The van der Waals surface area contributed by atoms with Gasteiger partial charge in [0.05, 0.1) is 6.10 Å². The summed E-state index contributed by atoms with van der Waals surface area (Å²) >= 11 is 0. The molecule has 0 amide bonds.